The lowest BCUT2D eigenvalue weighted by atomic mass is 10.1. The van der Waals surface area contributed by atoms with Crippen molar-refractivity contribution < 1.29 is 4.79 Å². The molecule has 6 nitrogen and oxygen atoms in total. The number of amides is 2. The highest BCUT2D eigenvalue weighted by atomic mass is 35.5. The van der Waals surface area contributed by atoms with Crippen LogP contribution in [0.25, 0.3) is 0 Å². The summed E-state index contributed by atoms with van der Waals surface area (Å²) >= 11 is 5.89. The third-order valence-corrected chi connectivity index (χ3v) is 5.39. The number of likely N-dealkylation sites (N-methyl/N-ethyl adjacent to an activating group) is 1. The number of hydrogen-bond donors (Lipinski definition) is 3. The van der Waals surface area contributed by atoms with E-state index in [2.05, 4.69) is 39.7 Å². The van der Waals surface area contributed by atoms with E-state index in [1.54, 1.807) is 24.3 Å². The molecule has 1 heterocycles. The molecule has 0 radical (unpaired) electrons. The van der Waals surface area contributed by atoms with Crippen molar-refractivity contribution in [2.45, 2.75) is 19.5 Å². The van der Waals surface area contributed by atoms with Crippen molar-refractivity contribution in [3.05, 3.63) is 59.1 Å². The molecular formula is C22H30ClN5O. The van der Waals surface area contributed by atoms with Gasteiger partial charge in [0.1, 0.15) is 0 Å². The topological polar surface area (TPSA) is 59.6 Å². The van der Waals surface area contributed by atoms with Crippen molar-refractivity contribution in [2.75, 3.05) is 50.4 Å². The summed E-state index contributed by atoms with van der Waals surface area (Å²) in [7, 11) is 2.17. The van der Waals surface area contributed by atoms with Gasteiger partial charge in [0.2, 0.25) is 0 Å². The Hall–Kier alpha value is -2.12. The van der Waals surface area contributed by atoms with Crippen LogP contribution in [-0.4, -0.2) is 61.6 Å². The molecule has 1 aliphatic heterocycles. The van der Waals surface area contributed by atoms with Gasteiger partial charge in [0.25, 0.3) is 0 Å². The first-order chi connectivity index (χ1) is 14.0. The monoisotopic (exact) mass is 415 g/mol. The van der Waals surface area contributed by atoms with E-state index < -0.39 is 0 Å². The minimum atomic E-state index is -0.273. The molecule has 0 bridgehead atoms. The van der Waals surface area contributed by atoms with Crippen molar-refractivity contribution in [2.24, 2.45) is 0 Å². The predicted molar refractivity (Wildman–Crippen MR) is 121 cm³/mol. The maximum atomic E-state index is 12.4. The number of benzene rings is 2. The van der Waals surface area contributed by atoms with Gasteiger partial charge in [-0.1, -0.05) is 29.8 Å². The average Bonchev–Trinajstić information content (AvgIpc) is 2.71. The molecule has 3 rings (SSSR count). The number of nitrogens with zero attached hydrogens (tertiary/aromatic N) is 2. The van der Waals surface area contributed by atoms with Gasteiger partial charge >= 0.3 is 6.03 Å². The Morgan fingerprint density at radius 1 is 1.03 bits per heavy atom. The van der Waals surface area contributed by atoms with E-state index in [1.165, 1.54) is 0 Å². The number of carbonyl (C=O) groups excluding carboxylic acids is 1. The van der Waals surface area contributed by atoms with E-state index >= 15 is 0 Å². The van der Waals surface area contributed by atoms with E-state index in [1.807, 2.05) is 24.3 Å². The van der Waals surface area contributed by atoms with Crippen LogP contribution in [0.5, 0.6) is 0 Å². The Bertz CT molecular complexity index is 790. The Labute approximate surface area is 178 Å². The fraction of sp³-hybridized carbons (Fsp3) is 0.409. The summed E-state index contributed by atoms with van der Waals surface area (Å²) in [6, 6.07) is 15.0. The van der Waals surface area contributed by atoms with Gasteiger partial charge in [-0.15, -0.1) is 0 Å². The zero-order valence-electron chi connectivity index (χ0n) is 17.1. The highest BCUT2D eigenvalue weighted by Crippen LogP contribution is 2.17. The largest absolute Gasteiger partial charge is 0.323 e. The second kappa shape index (κ2) is 10.6. The lowest BCUT2D eigenvalue weighted by Gasteiger charge is -2.34. The van der Waals surface area contributed by atoms with Gasteiger partial charge < -0.3 is 20.9 Å². The van der Waals surface area contributed by atoms with Crippen LogP contribution in [0.1, 0.15) is 12.5 Å². The molecule has 2 amide bonds. The van der Waals surface area contributed by atoms with Crippen molar-refractivity contribution >= 4 is 29.0 Å². The van der Waals surface area contributed by atoms with E-state index in [4.69, 9.17) is 11.6 Å². The fourth-order valence-corrected chi connectivity index (χ4v) is 3.51. The van der Waals surface area contributed by atoms with Gasteiger partial charge in [-0.25, -0.2) is 4.79 Å². The van der Waals surface area contributed by atoms with Gasteiger partial charge in [-0.2, -0.15) is 0 Å². The molecule has 7 heteroatoms. The molecule has 0 spiro atoms. The molecule has 3 N–H and O–H groups in total. The molecule has 2 aromatic carbocycles. The summed E-state index contributed by atoms with van der Waals surface area (Å²) in [6.45, 7) is 8.43. The first-order valence-corrected chi connectivity index (χ1v) is 10.4. The lowest BCUT2D eigenvalue weighted by molar-refractivity contribution is 0.144. The van der Waals surface area contributed by atoms with Crippen LogP contribution in [-0.2, 0) is 6.54 Å². The molecule has 156 valence electrons. The number of carbonyl (C=O) groups is 1. The number of rotatable bonds is 7. The first kappa shape index (κ1) is 21.6. The van der Waals surface area contributed by atoms with Crippen LogP contribution in [0.3, 0.4) is 0 Å². The van der Waals surface area contributed by atoms with Gasteiger partial charge in [0.15, 0.2) is 0 Å². The third-order valence-electron chi connectivity index (χ3n) is 5.14. The standard InChI is InChI=1S/C22H30ClN5O/c1-17(16-28-13-11-27(2)12-14-28)24-15-18-5-3-4-6-21(18)26-22(29)25-20-9-7-19(23)8-10-20/h3-10,17,24H,11-16H2,1-2H3,(H2,25,26,29). The summed E-state index contributed by atoms with van der Waals surface area (Å²) < 4.78 is 0. The molecule has 0 aliphatic carbocycles. The third kappa shape index (κ3) is 7.01. The second-order valence-corrected chi connectivity index (χ2v) is 8.07. The number of hydrogen-bond acceptors (Lipinski definition) is 4. The van der Waals surface area contributed by atoms with Crippen molar-refractivity contribution in [3.63, 3.8) is 0 Å². The van der Waals surface area contributed by atoms with Crippen molar-refractivity contribution in [1.82, 2.24) is 15.1 Å². The van der Waals surface area contributed by atoms with Crippen LogP contribution in [0, 0.1) is 0 Å². The summed E-state index contributed by atoms with van der Waals surface area (Å²) in [4.78, 5) is 17.2. The number of para-hydroxylation sites is 1. The summed E-state index contributed by atoms with van der Waals surface area (Å²) in [6.07, 6.45) is 0. The van der Waals surface area contributed by atoms with Crippen LogP contribution in [0.2, 0.25) is 5.02 Å². The lowest BCUT2D eigenvalue weighted by Crippen LogP contribution is -2.48. The summed E-state index contributed by atoms with van der Waals surface area (Å²) in [5.41, 5.74) is 2.56. The molecule has 0 saturated carbocycles. The smallest absolute Gasteiger partial charge is 0.309 e. The minimum absolute atomic E-state index is 0.273. The molecule has 2 aromatic rings. The molecule has 1 atom stereocenters. The number of halogens is 1. The fourth-order valence-electron chi connectivity index (χ4n) is 3.38. The van der Waals surface area contributed by atoms with Gasteiger partial charge in [-0.05, 0) is 49.9 Å². The van der Waals surface area contributed by atoms with Gasteiger partial charge in [0, 0.05) is 61.7 Å². The maximum absolute atomic E-state index is 12.4. The Morgan fingerprint density at radius 2 is 1.72 bits per heavy atom. The second-order valence-electron chi connectivity index (χ2n) is 7.63. The van der Waals surface area contributed by atoms with E-state index in [-0.39, 0.29) is 6.03 Å². The van der Waals surface area contributed by atoms with E-state index in [9.17, 15) is 4.79 Å². The SMILES string of the molecule is CC(CN1CCN(C)CC1)NCc1ccccc1NC(=O)Nc1ccc(Cl)cc1. The first-order valence-electron chi connectivity index (χ1n) is 10.1. The molecule has 1 unspecified atom stereocenters. The van der Waals surface area contributed by atoms with Crippen LogP contribution >= 0.6 is 11.6 Å². The highest BCUT2D eigenvalue weighted by molar-refractivity contribution is 6.30. The molecule has 29 heavy (non-hydrogen) atoms. The molecular weight excluding hydrogens is 386 g/mol. The van der Waals surface area contributed by atoms with Gasteiger partial charge in [-0.3, -0.25) is 4.90 Å². The molecule has 1 saturated heterocycles. The normalized spacial score (nSPS) is 16.4. The summed E-state index contributed by atoms with van der Waals surface area (Å²) in [5, 5.41) is 9.99. The predicted octanol–water partition coefficient (Wildman–Crippen LogP) is 3.71. The zero-order valence-corrected chi connectivity index (χ0v) is 17.9. The van der Waals surface area contributed by atoms with Crippen molar-refractivity contribution in [3.8, 4) is 0 Å². The number of piperazine rings is 1. The molecule has 0 aromatic heterocycles. The highest BCUT2D eigenvalue weighted by Gasteiger charge is 2.16. The Balaban J connectivity index is 1.50. The average molecular weight is 416 g/mol. The summed E-state index contributed by atoms with van der Waals surface area (Å²) in [5.74, 6) is 0. The minimum Gasteiger partial charge on any atom is -0.309 e. The zero-order chi connectivity index (χ0) is 20.6. The number of urea groups is 1. The van der Waals surface area contributed by atoms with Gasteiger partial charge in [0.05, 0.1) is 0 Å². The van der Waals surface area contributed by atoms with Crippen LogP contribution in [0.15, 0.2) is 48.5 Å². The van der Waals surface area contributed by atoms with Crippen LogP contribution < -0.4 is 16.0 Å². The Morgan fingerprint density at radius 3 is 2.45 bits per heavy atom. The molecule has 1 fully saturated rings. The molecule has 1 aliphatic rings. The van der Waals surface area contributed by atoms with E-state index in [0.29, 0.717) is 23.3 Å². The van der Waals surface area contributed by atoms with Crippen molar-refractivity contribution in [1.29, 1.82) is 0 Å². The number of anilines is 2. The maximum Gasteiger partial charge on any atom is 0.323 e. The van der Waals surface area contributed by atoms with E-state index in [0.717, 1.165) is 44.0 Å². The quantitative estimate of drug-likeness (QED) is 0.645. The van der Waals surface area contributed by atoms with Crippen LogP contribution in [0.4, 0.5) is 16.2 Å². The Kier molecular flexibility index (Phi) is 7.89. The number of nitrogens with one attached hydrogen (secondary N) is 3.